The first-order chi connectivity index (χ1) is 8.26. The third-order valence-corrected chi connectivity index (χ3v) is 2.58. The number of phenolic OH excluding ortho intramolecular Hbond substituents is 1. The van der Waals surface area contributed by atoms with Gasteiger partial charge in [0, 0.05) is 12.5 Å². The fraction of sp³-hybridized carbons (Fsp3) is 0.533. The van der Waals surface area contributed by atoms with Crippen LogP contribution in [0.25, 0.3) is 0 Å². The van der Waals surface area contributed by atoms with Crippen LogP contribution in [0.3, 0.4) is 0 Å². The zero-order chi connectivity index (χ0) is 13.8. The molecule has 3 nitrogen and oxygen atoms in total. The van der Waals surface area contributed by atoms with Gasteiger partial charge in [0.1, 0.15) is 5.75 Å². The summed E-state index contributed by atoms with van der Waals surface area (Å²) in [6, 6.07) is 7.19. The second kappa shape index (κ2) is 5.89. The van der Waals surface area contributed by atoms with Crippen LogP contribution in [-0.2, 0) is 11.2 Å². The summed E-state index contributed by atoms with van der Waals surface area (Å²) < 4.78 is 0. The monoisotopic (exact) mass is 249 g/mol. The summed E-state index contributed by atoms with van der Waals surface area (Å²) in [5.74, 6) is 0.358. The zero-order valence-electron chi connectivity index (χ0n) is 11.7. The highest BCUT2D eigenvalue weighted by Gasteiger charge is 2.17. The lowest BCUT2D eigenvalue weighted by atomic mass is 9.92. The van der Waals surface area contributed by atoms with Crippen molar-refractivity contribution in [3.05, 3.63) is 29.8 Å². The third kappa shape index (κ3) is 5.71. The summed E-state index contributed by atoms with van der Waals surface area (Å²) in [6.45, 7) is 8.15. The number of phenols is 1. The van der Waals surface area contributed by atoms with Crippen LogP contribution in [0.1, 0.15) is 39.7 Å². The van der Waals surface area contributed by atoms with Gasteiger partial charge in [-0.05, 0) is 36.5 Å². The maximum Gasteiger partial charge on any atom is 0.220 e. The standard InChI is InChI=1S/C15H23NO2/c1-11(16-14(18)10-15(2,3)4)9-12-5-7-13(17)8-6-12/h5-8,11,17H,9-10H2,1-4H3,(H,16,18)/t11-/m0/s1. The highest BCUT2D eigenvalue weighted by molar-refractivity contribution is 5.76. The Hall–Kier alpha value is -1.51. The fourth-order valence-electron chi connectivity index (χ4n) is 1.84. The van der Waals surface area contributed by atoms with Crippen molar-refractivity contribution in [3.8, 4) is 5.75 Å². The molecule has 0 spiro atoms. The van der Waals surface area contributed by atoms with Crippen LogP contribution in [-0.4, -0.2) is 17.1 Å². The molecule has 3 heteroatoms. The third-order valence-electron chi connectivity index (χ3n) is 2.58. The number of rotatable bonds is 4. The van der Waals surface area contributed by atoms with E-state index in [0.29, 0.717) is 6.42 Å². The second-order valence-corrected chi connectivity index (χ2v) is 6.08. The quantitative estimate of drug-likeness (QED) is 0.862. The predicted molar refractivity (Wildman–Crippen MR) is 73.5 cm³/mol. The van der Waals surface area contributed by atoms with Gasteiger partial charge < -0.3 is 10.4 Å². The minimum absolute atomic E-state index is 0.0162. The normalized spacial score (nSPS) is 13.1. The molecule has 0 aliphatic heterocycles. The van der Waals surface area contributed by atoms with Gasteiger partial charge in [-0.3, -0.25) is 4.79 Å². The van der Waals surface area contributed by atoms with E-state index in [1.165, 1.54) is 0 Å². The minimum Gasteiger partial charge on any atom is -0.508 e. The summed E-state index contributed by atoms with van der Waals surface area (Å²) in [6.07, 6.45) is 1.31. The van der Waals surface area contributed by atoms with E-state index in [4.69, 9.17) is 0 Å². The number of benzene rings is 1. The molecule has 1 aromatic carbocycles. The van der Waals surface area contributed by atoms with E-state index in [9.17, 15) is 9.90 Å². The van der Waals surface area contributed by atoms with Gasteiger partial charge in [-0.25, -0.2) is 0 Å². The molecule has 1 atom stereocenters. The Labute approximate surface area is 109 Å². The summed E-state index contributed by atoms with van der Waals surface area (Å²) in [5, 5.41) is 12.2. The number of hydrogen-bond donors (Lipinski definition) is 2. The Balaban J connectivity index is 2.44. The van der Waals surface area contributed by atoms with Crippen molar-refractivity contribution < 1.29 is 9.90 Å². The largest absolute Gasteiger partial charge is 0.508 e. The van der Waals surface area contributed by atoms with E-state index in [0.717, 1.165) is 12.0 Å². The number of hydrogen-bond acceptors (Lipinski definition) is 2. The molecule has 1 aromatic rings. The average molecular weight is 249 g/mol. The van der Waals surface area contributed by atoms with Gasteiger partial charge in [-0.1, -0.05) is 32.9 Å². The molecule has 0 aliphatic rings. The van der Waals surface area contributed by atoms with E-state index in [2.05, 4.69) is 26.1 Å². The highest BCUT2D eigenvalue weighted by Crippen LogP contribution is 2.18. The highest BCUT2D eigenvalue weighted by atomic mass is 16.3. The molecule has 1 amide bonds. The van der Waals surface area contributed by atoms with Crippen molar-refractivity contribution in [3.63, 3.8) is 0 Å². The van der Waals surface area contributed by atoms with Crippen LogP contribution >= 0.6 is 0 Å². The van der Waals surface area contributed by atoms with E-state index < -0.39 is 0 Å². The molecule has 0 fully saturated rings. The molecule has 0 unspecified atom stereocenters. The van der Waals surface area contributed by atoms with E-state index in [1.807, 2.05) is 19.1 Å². The van der Waals surface area contributed by atoms with Crippen molar-refractivity contribution in [1.29, 1.82) is 0 Å². The van der Waals surface area contributed by atoms with Gasteiger partial charge in [0.15, 0.2) is 0 Å². The SMILES string of the molecule is C[C@@H](Cc1ccc(O)cc1)NC(=O)CC(C)(C)C. The van der Waals surface area contributed by atoms with E-state index in [-0.39, 0.29) is 23.1 Å². The predicted octanol–water partition coefficient (Wildman–Crippen LogP) is 2.88. The minimum atomic E-state index is 0.0162. The van der Waals surface area contributed by atoms with Crippen molar-refractivity contribution in [2.45, 2.75) is 46.6 Å². The van der Waals surface area contributed by atoms with Gasteiger partial charge in [-0.2, -0.15) is 0 Å². The molecule has 0 aromatic heterocycles. The number of carbonyl (C=O) groups is 1. The average Bonchev–Trinajstić information content (AvgIpc) is 2.18. The number of nitrogens with one attached hydrogen (secondary N) is 1. The Bertz CT molecular complexity index is 390. The van der Waals surface area contributed by atoms with Crippen molar-refractivity contribution in [1.82, 2.24) is 5.32 Å². The van der Waals surface area contributed by atoms with E-state index >= 15 is 0 Å². The van der Waals surface area contributed by atoms with Gasteiger partial charge >= 0.3 is 0 Å². The first-order valence-electron chi connectivity index (χ1n) is 6.33. The lowest BCUT2D eigenvalue weighted by molar-refractivity contribution is -0.123. The molecule has 2 N–H and O–H groups in total. The number of carbonyl (C=O) groups excluding carboxylic acids is 1. The molecule has 0 aliphatic carbocycles. The number of aromatic hydroxyl groups is 1. The van der Waals surface area contributed by atoms with Gasteiger partial charge in [0.05, 0.1) is 0 Å². The summed E-state index contributed by atoms with van der Waals surface area (Å²) in [4.78, 5) is 11.8. The molecular weight excluding hydrogens is 226 g/mol. The molecule has 18 heavy (non-hydrogen) atoms. The van der Waals surface area contributed by atoms with Gasteiger partial charge in [0.2, 0.25) is 5.91 Å². The van der Waals surface area contributed by atoms with Crippen LogP contribution < -0.4 is 5.32 Å². The maximum atomic E-state index is 11.8. The lowest BCUT2D eigenvalue weighted by Gasteiger charge is -2.20. The Morgan fingerprint density at radius 3 is 2.33 bits per heavy atom. The van der Waals surface area contributed by atoms with Crippen molar-refractivity contribution in [2.75, 3.05) is 0 Å². The molecule has 0 bridgehead atoms. The lowest BCUT2D eigenvalue weighted by Crippen LogP contribution is -2.36. The zero-order valence-corrected chi connectivity index (χ0v) is 11.7. The molecule has 0 heterocycles. The molecule has 0 radical (unpaired) electrons. The molecule has 0 saturated carbocycles. The number of amides is 1. The van der Waals surface area contributed by atoms with E-state index in [1.54, 1.807) is 12.1 Å². The first-order valence-corrected chi connectivity index (χ1v) is 6.33. The van der Waals surface area contributed by atoms with Crippen LogP contribution in [0.4, 0.5) is 0 Å². The first kappa shape index (κ1) is 14.6. The molecule has 1 rings (SSSR count). The van der Waals surface area contributed by atoms with Crippen LogP contribution in [0.5, 0.6) is 5.75 Å². The topological polar surface area (TPSA) is 49.3 Å². The fourth-order valence-corrected chi connectivity index (χ4v) is 1.84. The molecular formula is C15H23NO2. The van der Waals surface area contributed by atoms with Gasteiger partial charge in [0.25, 0.3) is 0 Å². The van der Waals surface area contributed by atoms with Gasteiger partial charge in [-0.15, -0.1) is 0 Å². The van der Waals surface area contributed by atoms with Crippen molar-refractivity contribution in [2.24, 2.45) is 5.41 Å². The van der Waals surface area contributed by atoms with Crippen LogP contribution in [0.15, 0.2) is 24.3 Å². The maximum absolute atomic E-state index is 11.8. The Kier molecular flexibility index (Phi) is 4.76. The second-order valence-electron chi connectivity index (χ2n) is 6.08. The smallest absolute Gasteiger partial charge is 0.220 e. The molecule has 0 saturated heterocycles. The van der Waals surface area contributed by atoms with Crippen LogP contribution in [0, 0.1) is 5.41 Å². The summed E-state index contributed by atoms with van der Waals surface area (Å²) in [5.41, 5.74) is 1.12. The Morgan fingerprint density at radius 1 is 1.28 bits per heavy atom. The summed E-state index contributed by atoms with van der Waals surface area (Å²) in [7, 11) is 0. The van der Waals surface area contributed by atoms with Crippen LogP contribution in [0.2, 0.25) is 0 Å². The molecule has 100 valence electrons. The Morgan fingerprint density at radius 2 is 1.83 bits per heavy atom. The van der Waals surface area contributed by atoms with Crippen molar-refractivity contribution >= 4 is 5.91 Å². The summed E-state index contributed by atoms with van der Waals surface area (Å²) >= 11 is 0.